The monoisotopic (exact) mass is 368 g/mol. The van der Waals surface area contributed by atoms with E-state index in [1.54, 1.807) is 24.3 Å². The fraction of sp³-hybridized carbons (Fsp3) is 0.176. The van der Waals surface area contributed by atoms with Crippen molar-refractivity contribution in [3.05, 3.63) is 65.2 Å². The summed E-state index contributed by atoms with van der Waals surface area (Å²) in [7, 11) is 1.53. The molecule has 2 amide bonds. The van der Waals surface area contributed by atoms with Crippen LogP contribution in [-0.2, 0) is 6.54 Å². The summed E-state index contributed by atoms with van der Waals surface area (Å²) in [5, 5.41) is 5.18. The standard InChI is InChI=1S/C17H15F3N2O2S/c1-21-15(23)13-4-2-3-11(9-13)10-22-16(24)12-5-7-14(8-6-12)25-17(18,19)20/h2-9H,10H2,1H3,(H,21,23)(H,22,24). The van der Waals surface area contributed by atoms with Gasteiger partial charge in [-0.25, -0.2) is 0 Å². The third kappa shape index (κ3) is 5.82. The van der Waals surface area contributed by atoms with Gasteiger partial charge < -0.3 is 10.6 Å². The maximum absolute atomic E-state index is 12.3. The molecule has 4 nitrogen and oxygen atoms in total. The molecule has 0 fully saturated rings. The van der Waals surface area contributed by atoms with Gasteiger partial charge in [-0.3, -0.25) is 9.59 Å². The minimum atomic E-state index is -4.36. The molecule has 2 rings (SSSR count). The van der Waals surface area contributed by atoms with Crippen molar-refractivity contribution in [3.8, 4) is 0 Å². The maximum atomic E-state index is 12.3. The zero-order valence-corrected chi connectivity index (χ0v) is 14.0. The van der Waals surface area contributed by atoms with Gasteiger partial charge in [0, 0.05) is 29.6 Å². The Morgan fingerprint density at radius 2 is 1.68 bits per heavy atom. The van der Waals surface area contributed by atoms with Gasteiger partial charge in [0.05, 0.1) is 0 Å². The quantitative estimate of drug-likeness (QED) is 0.793. The van der Waals surface area contributed by atoms with E-state index in [-0.39, 0.29) is 34.7 Å². The molecule has 132 valence electrons. The lowest BCUT2D eigenvalue weighted by atomic mass is 10.1. The molecule has 0 aromatic heterocycles. The number of rotatable bonds is 5. The molecule has 0 atom stereocenters. The summed E-state index contributed by atoms with van der Waals surface area (Å²) in [5.41, 5.74) is -2.89. The number of carbonyl (C=O) groups excluding carboxylic acids is 2. The number of alkyl halides is 3. The van der Waals surface area contributed by atoms with Gasteiger partial charge in [0.2, 0.25) is 0 Å². The largest absolute Gasteiger partial charge is 0.446 e. The normalized spacial score (nSPS) is 11.0. The molecule has 0 spiro atoms. The summed E-state index contributed by atoms with van der Waals surface area (Å²) in [4.78, 5) is 23.7. The number of hydrogen-bond donors (Lipinski definition) is 2. The molecular weight excluding hydrogens is 353 g/mol. The Bertz CT molecular complexity index is 761. The van der Waals surface area contributed by atoms with Gasteiger partial charge in [0.25, 0.3) is 11.8 Å². The van der Waals surface area contributed by atoms with Crippen LogP contribution in [-0.4, -0.2) is 24.4 Å². The first-order chi connectivity index (χ1) is 11.8. The molecule has 0 saturated carbocycles. The fourth-order valence-electron chi connectivity index (χ4n) is 2.06. The summed E-state index contributed by atoms with van der Waals surface area (Å²) in [6.07, 6.45) is 0. The first kappa shape index (κ1) is 18.9. The van der Waals surface area contributed by atoms with E-state index in [4.69, 9.17) is 0 Å². The zero-order chi connectivity index (χ0) is 18.4. The van der Waals surface area contributed by atoms with Crippen LogP contribution in [0.1, 0.15) is 26.3 Å². The highest BCUT2D eigenvalue weighted by molar-refractivity contribution is 8.00. The van der Waals surface area contributed by atoms with Crippen molar-refractivity contribution in [1.29, 1.82) is 0 Å². The van der Waals surface area contributed by atoms with E-state index in [1.165, 1.54) is 31.3 Å². The summed E-state index contributed by atoms with van der Waals surface area (Å²) in [6, 6.07) is 11.9. The fourth-order valence-corrected chi connectivity index (χ4v) is 2.60. The van der Waals surface area contributed by atoms with Crippen LogP contribution >= 0.6 is 11.8 Å². The Balaban J connectivity index is 1.97. The van der Waals surface area contributed by atoms with Crippen molar-refractivity contribution in [2.75, 3.05) is 7.05 Å². The molecule has 0 aliphatic heterocycles. The van der Waals surface area contributed by atoms with E-state index < -0.39 is 11.4 Å². The van der Waals surface area contributed by atoms with E-state index in [0.717, 1.165) is 5.56 Å². The summed E-state index contributed by atoms with van der Waals surface area (Å²) < 4.78 is 36.8. The highest BCUT2D eigenvalue weighted by atomic mass is 32.2. The van der Waals surface area contributed by atoms with E-state index >= 15 is 0 Å². The lowest BCUT2D eigenvalue weighted by Gasteiger charge is -2.08. The Labute approximate surface area is 146 Å². The molecule has 0 radical (unpaired) electrons. The Hall–Kier alpha value is -2.48. The molecule has 0 bridgehead atoms. The van der Waals surface area contributed by atoms with Gasteiger partial charge in [-0.1, -0.05) is 12.1 Å². The van der Waals surface area contributed by atoms with Crippen LogP contribution in [0.15, 0.2) is 53.4 Å². The summed E-state index contributed by atoms with van der Waals surface area (Å²) in [6.45, 7) is 0.197. The van der Waals surface area contributed by atoms with Crippen molar-refractivity contribution in [3.63, 3.8) is 0 Å². The zero-order valence-electron chi connectivity index (χ0n) is 13.2. The van der Waals surface area contributed by atoms with E-state index in [2.05, 4.69) is 10.6 Å². The highest BCUT2D eigenvalue weighted by Crippen LogP contribution is 2.36. The van der Waals surface area contributed by atoms with Crippen LogP contribution in [0, 0.1) is 0 Å². The van der Waals surface area contributed by atoms with Crippen molar-refractivity contribution in [2.45, 2.75) is 16.9 Å². The number of benzene rings is 2. The van der Waals surface area contributed by atoms with Gasteiger partial charge in [-0.05, 0) is 53.7 Å². The molecule has 2 N–H and O–H groups in total. The van der Waals surface area contributed by atoms with Crippen molar-refractivity contribution >= 4 is 23.6 Å². The number of thioether (sulfide) groups is 1. The van der Waals surface area contributed by atoms with Crippen molar-refractivity contribution < 1.29 is 22.8 Å². The van der Waals surface area contributed by atoms with E-state index in [1.807, 2.05) is 0 Å². The maximum Gasteiger partial charge on any atom is 0.446 e. The third-order valence-corrected chi connectivity index (χ3v) is 3.96. The molecule has 2 aromatic carbocycles. The molecule has 0 saturated heterocycles. The predicted octanol–water partition coefficient (Wildman–Crippen LogP) is 3.59. The van der Waals surface area contributed by atoms with Gasteiger partial charge in [-0.15, -0.1) is 0 Å². The number of halogens is 3. The number of nitrogens with one attached hydrogen (secondary N) is 2. The van der Waals surface area contributed by atoms with Gasteiger partial charge in [-0.2, -0.15) is 13.2 Å². The van der Waals surface area contributed by atoms with Gasteiger partial charge in [0.15, 0.2) is 0 Å². The first-order valence-corrected chi connectivity index (χ1v) is 8.05. The van der Waals surface area contributed by atoms with Crippen LogP contribution in [0.4, 0.5) is 13.2 Å². The molecule has 0 unspecified atom stereocenters. The smallest absolute Gasteiger partial charge is 0.355 e. The first-order valence-electron chi connectivity index (χ1n) is 7.23. The molecule has 0 aliphatic carbocycles. The Kier molecular flexibility index (Phi) is 6.08. The van der Waals surface area contributed by atoms with Crippen LogP contribution < -0.4 is 10.6 Å². The second-order valence-electron chi connectivity index (χ2n) is 5.03. The van der Waals surface area contributed by atoms with E-state index in [0.29, 0.717) is 5.56 Å². The topological polar surface area (TPSA) is 58.2 Å². The van der Waals surface area contributed by atoms with Crippen molar-refractivity contribution in [2.24, 2.45) is 0 Å². The summed E-state index contributed by atoms with van der Waals surface area (Å²) >= 11 is -0.232. The SMILES string of the molecule is CNC(=O)c1cccc(CNC(=O)c2ccc(SC(F)(F)F)cc2)c1. The molecule has 2 aromatic rings. The highest BCUT2D eigenvalue weighted by Gasteiger charge is 2.29. The molecule has 0 aliphatic rings. The molecular formula is C17H15F3N2O2S. The average Bonchev–Trinajstić information content (AvgIpc) is 2.58. The van der Waals surface area contributed by atoms with Crippen molar-refractivity contribution in [1.82, 2.24) is 10.6 Å². The molecule has 8 heteroatoms. The lowest BCUT2D eigenvalue weighted by Crippen LogP contribution is -2.23. The van der Waals surface area contributed by atoms with Gasteiger partial charge >= 0.3 is 5.51 Å². The number of amides is 2. The minimum Gasteiger partial charge on any atom is -0.355 e. The molecule has 25 heavy (non-hydrogen) atoms. The second-order valence-corrected chi connectivity index (χ2v) is 6.17. The second kappa shape index (κ2) is 8.06. The third-order valence-electron chi connectivity index (χ3n) is 3.22. The average molecular weight is 368 g/mol. The van der Waals surface area contributed by atoms with Crippen LogP contribution in [0.25, 0.3) is 0 Å². The predicted molar refractivity (Wildman–Crippen MR) is 89.4 cm³/mol. The Morgan fingerprint density at radius 3 is 2.28 bits per heavy atom. The number of hydrogen-bond acceptors (Lipinski definition) is 3. The molecule has 0 heterocycles. The lowest BCUT2D eigenvalue weighted by molar-refractivity contribution is -0.0328. The van der Waals surface area contributed by atoms with E-state index in [9.17, 15) is 22.8 Å². The van der Waals surface area contributed by atoms with Crippen LogP contribution in [0.5, 0.6) is 0 Å². The van der Waals surface area contributed by atoms with Gasteiger partial charge in [0.1, 0.15) is 0 Å². The minimum absolute atomic E-state index is 0.0160. The Morgan fingerprint density at radius 1 is 1.00 bits per heavy atom. The van der Waals surface area contributed by atoms with Crippen LogP contribution in [0.3, 0.4) is 0 Å². The number of carbonyl (C=O) groups is 2. The van der Waals surface area contributed by atoms with Crippen LogP contribution in [0.2, 0.25) is 0 Å². The summed E-state index contributed by atoms with van der Waals surface area (Å²) in [5.74, 6) is -0.639.